The van der Waals surface area contributed by atoms with E-state index in [0.717, 1.165) is 11.4 Å². The van der Waals surface area contributed by atoms with Crippen LogP contribution in [0.25, 0.3) is 64.7 Å². The molecule has 0 aliphatic heterocycles. The molecule has 0 radical (unpaired) electrons. The number of nitrogens with zero attached hydrogens (tertiary/aromatic N) is 1. The Kier molecular flexibility index (Phi) is 6.40. The largest absolute Gasteiger partial charge is 0.310 e. The number of thiophene rings is 1. The maximum absolute atomic E-state index is 2.42. The van der Waals surface area contributed by atoms with Crippen LogP contribution in [0, 0.1) is 0 Å². The molecule has 0 spiro atoms. The molecule has 1 heterocycles. The zero-order valence-corrected chi connectivity index (χ0v) is 25.9. The molecule has 0 saturated carbocycles. The van der Waals surface area contributed by atoms with Gasteiger partial charge in [0.1, 0.15) is 0 Å². The molecule has 1 aromatic heterocycles. The molecule has 9 aromatic rings. The summed E-state index contributed by atoms with van der Waals surface area (Å²) in [5.41, 5.74) is 8.29. The molecule has 0 N–H and O–H groups in total. The van der Waals surface area contributed by atoms with Crippen LogP contribution in [0.1, 0.15) is 0 Å². The standard InChI is InChI=1S/C44H29NS/c1-2-9-30(10-3-1)31-19-23-35(24-20-31)45(36-25-21-32(22-26-36)34-18-17-33-27-28-46-43(33)29-34)42-16-8-15-41-39-12-5-4-11-37(39)38-13-6-7-14-40(38)44(41)42/h1-29H. The highest BCUT2D eigenvalue weighted by Gasteiger charge is 2.19. The second kappa shape index (κ2) is 11.0. The third-order valence-corrected chi connectivity index (χ3v) is 10.0. The zero-order valence-electron chi connectivity index (χ0n) is 25.1. The van der Waals surface area contributed by atoms with Gasteiger partial charge in [0.15, 0.2) is 0 Å². The highest BCUT2D eigenvalue weighted by Crippen LogP contribution is 2.45. The Labute approximate surface area is 272 Å². The van der Waals surface area contributed by atoms with Gasteiger partial charge in [-0.05, 0) is 102 Å². The smallest absolute Gasteiger partial charge is 0.0546 e. The van der Waals surface area contributed by atoms with E-state index in [4.69, 9.17) is 0 Å². The number of hydrogen-bond acceptors (Lipinski definition) is 2. The third kappa shape index (κ3) is 4.46. The minimum absolute atomic E-state index is 1.12. The SMILES string of the molecule is c1ccc(-c2ccc(N(c3ccc(-c4ccc5ccsc5c4)cc3)c3cccc4c5ccccc5c5ccccc5c34)cc2)cc1. The molecule has 8 aromatic carbocycles. The first kappa shape index (κ1) is 26.7. The van der Waals surface area contributed by atoms with E-state index in [9.17, 15) is 0 Å². The number of rotatable bonds is 5. The Morgan fingerprint density at radius 1 is 0.370 bits per heavy atom. The molecule has 9 rings (SSSR count). The molecule has 0 fully saturated rings. The van der Waals surface area contributed by atoms with Gasteiger partial charge in [-0.2, -0.15) is 0 Å². The van der Waals surface area contributed by atoms with Crippen LogP contribution >= 0.6 is 11.3 Å². The van der Waals surface area contributed by atoms with E-state index in [1.54, 1.807) is 11.3 Å². The number of anilines is 3. The molecule has 0 aliphatic carbocycles. The summed E-state index contributed by atoms with van der Waals surface area (Å²) in [6.45, 7) is 0. The molecule has 216 valence electrons. The topological polar surface area (TPSA) is 3.24 Å². The first-order valence-corrected chi connectivity index (χ1v) is 16.6. The van der Waals surface area contributed by atoms with Crippen molar-refractivity contribution >= 4 is 70.8 Å². The van der Waals surface area contributed by atoms with Gasteiger partial charge in [0.05, 0.1) is 5.69 Å². The lowest BCUT2D eigenvalue weighted by Crippen LogP contribution is -2.10. The van der Waals surface area contributed by atoms with E-state index >= 15 is 0 Å². The van der Waals surface area contributed by atoms with Gasteiger partial charge in [0.2, 0.25) is 0 Å². The fourth-order valence-electron chi connectivity index (χ4n) is 6.92. The van der Waals surface area contributed by atoms with Gasteiger partial charge in [0.25, 0.3) is 0 Å². The van der Waals surface area contributed by atoms with Crippen LogP contribution < -0.4 is 4.90 Å². The van der Waals surface area contributed by atoms with E-state index in [0.29, 0.717) is 0 Å². The summed E-state index contributed by atoms with van der Waals surface area (Å²) in [4.78, 5) is 2.42. The molecule has 0 unspecified atom stereocenters. The molecule has 0 saturated heterocycles. The lowest BCUT2D eigenvalue weighted by atomic mass is 9.93. The van der Waals surface area contributed by atoms with Gasteiger partial charge >= 0.3 is 0 Å². The van der Waals surface area contributed by atoms with Crippen LogP contribution in [0.5, 0.6) is 0 Å². The fraction of sp³-hybridized carbons (Fsp3) is 0. The second-order valence-corrected chi connectivity index (χ2v) is 12.7. The molecule has 2 heteroatoms. The first-order valence-electron chi connectivity index (χ1n) is 15.7. The van der Waals surface area contributed by atoms with Gasteiger partial charge < -0.3 is 4.90 Å². The number of hydrogen-bond donors (Lipinski definition) is 0. The van der Waals surface area contributed by atoms with Gasteiger partial charge in [-0.15, -0.1) is 11.3 Å². The number of fused-ring (bicyclic) bond motifs is 7. The summed E-state index contributed by atoms with van der Waals surface area (Å²) >= 11 is 1.79. The Morgan fingerprint density at radius 2 is 0.870 bits per heavy atom. The van der Waals surface area contributed by atoms with Crippen molar-refractivity contribution in [3.05, 3.63) is 175 Å². The van der Waals surface area contributed by atoms with E-state index in [2.05, 4.69) is 180 Å². The predicted octanol–water partition coefficient (Wildman–Crippen LogP) is 13.2. The number of benzene rings is 8. The summed E-state index contributed by atoms with van der Waals surface area (Å²) in [6, 6.07) is 61.9. The van der Waals surface area contributed by atoms with E-state index in [1.807, 2.05) is 0 Å². The summed E-state index contributed by atoms with van der Waals surface area (Å²) in [6.07, 6.45) is 0. The van der Waals surface area contributed by atoms with Crippen LogP contribution in [0.3, 0.4) is 0 Å². The minimum Gasteiger partial charge on any atom is -0.310 e. The Bertz CT molecular complexity index is 2460. The maximum atomic E-state index is 2.42. The Hall–Kier alpha value is -5.70. The average Bonchev–Trinajstić information content (AvgIpc) is 3.61. The van der Waals surface area contributed by atoms with Gasteiger partial charge in [-0.1, -0.05) is 127 Å². The van der Waals surface area contributed by atoms with Crippen LogP contribution in [0.15, 0.2) is 175 Å². The Morgan fingerprint density at radius 3 is 1.52 bits per heavy atom. The second-order valence-electron chi connectivity index (χ2n) is 11.8. The summed E-state index contributed by atoms with van der Waals surface area (Å²) in [5.74, 6) is 0. The van der Waals surface area contributed by atoms with Crippen molar-refractivity contribution in [2.75, 3.05) is 4.90 Å². The van der Waals surface area contributed by atoms with Crippen molar-refractivity contribution in [2.24, 2.45) is 0 Å². The van der Waals surface area contributed by atoms with E-state index < -0.39 is 0 Å². The highest BCUT2D eigenvalue weighted by molar-refractivity contribution is 7.17. The van der Waals surface area contributed by atoms with Crippen molar-refractivity contribution in [1.29, 1.82) is 0 Å². The highest BCUT2D eigenvalue weighted by atomic mass is 32.1. The minimum atomic E-state index is 1.12. The van der Waals surface area contributed by atoms with Crippen LogP contribution in [-0.4, -0.2) is 0 Å². The van der Waals surface area contributed by atoms with Gasteiger partial charge in [-0.3, -0.25) is 0 Å². The first-order chi connectivity index (χ1) is 22.8. The average molecular weight is 604 g/mol. The van der Waals surface area contributed by atoms with Crippen LogP contribution in [0.2, 0.25) is 0 Å². The third-order valence-electron chi connectivity index (χ3n) is 9.13. The lowest BCUT2D eigenvalue weighted by molar-refractivity contribution is 1.30. The van der Waals surface area contributed by atoms with Crippen molar-refractivity contribution in [1.82, 2.24) is 0 Å². The van der Waals surface area contributed by atoms with E-state index in [1.165, 1.54) is 70.3 Å². The van der Waals surface area contributed by atoms with Crippen LogP contribution in [-0.2, 0) is 0 Å². The van der Waals surface area contributed by atoms with Gasteiger partial charge in [-0.25, -0.2) is 0 Å². The Balaban J connectivity index is 1.26. The molecule has 0 bridgehead atoms. The monoisotopic (exact) mass is 603 g/mol. The summed E-state index contributed by atoms with van der Waals surface area (Å²) < 4.78 is 1.32. The van der Waals surface area contributed by atoms with E-state index in [-0.39, 0.29) is 0 Å². The van der Waals surface area contributed by atoms with Gasteiger partial charge in [0, 0.05) is 21.5 Å². The summed E-state index contributed by atoms with van der Waals surface area (Å²) in [5, 5.41) is 11.1. The molecule has 0 amide bonds. The predicted molar refractivity (Wildman–Crippen MR) is 200 cm³/mol. The maximum Gasteiger partial charge on any atom is 0.0546 e. The normalized spacial score (nSPS) is 11.5. The van der Waals surface area contributed by atoms with Crippen molar-refractivity contribution in [3.8, 4) is 22.3 Å². The fourth-order valence-corrected chi connectivity index (χ4v) is 7.75. The molecule has 0 atom stereocenters. The molecule has 46 heavy (non-hydrogen) atoms. The zero-order chi connectivity index (χ0) is 30.5. The lowest BCUT2D eigenvalue weighted by Gasteiger charge is -2.28. The molecule has 0 aliphatic rings. The molecule has 1 nitrogen and oxygen atoms in total. The molecular formula is C44H29NS. The van der Waals surface area contributed by atoms with Crippen LogP contribution in [0.4, 0.5) is 17.1 Å². The molecular weight excluding hydrogens is 575 g/mol. The van der Waals surface area contributed by atoms with Crippen molar-refractivity contribution < 1.29 is 0 Å². The van der Waals surface area contributed by atoms with Crippen molar-refractivity contribution in [2.45, 2.75) is 0 Å². The summed E-state index contributed by atoms with van der Waals surface area (Å²) in [7, 11) is 0. The quantitative estimate of drug-likeness (QED) is 0.177. The van der Waals surface area contributed by atoms with Crippen molar-refractivity contribution in [3.63, 3.8) is 0 Å².